The Bertz CT molecular complexity index is 1030. The molecule has 0 aromatic carbocycles. The molecule has 0 bridgehead atoms. The summed E-state index contributed by atoms with van der Waals surface area (Å²) in [5, 5.41) is 11.6. The maximum absolute atomic E-state index is 12.6. The Labute approximate surface area is 298 Å². The van der Waals surface area contributed by atoms with Crippen LogP contribution in [-0.4, -0.2) is 75.5 Å². The number of nitrogens with zero attached hydrogens (tertiary/aromatic N) is 1. The second kappa shape index (κ2) is 32.0. The van der Waals surface area contributed by atoms with E-state index in [9.17, 15) is 19.5 Å². The van der Waals surface area contributed by atoms with Gasteiger partial charge in [-0.15, -0.1) is 0 Å². The van der Waals surface area contributed by atoms with Gasteiger partial charge in [-0.25, -0.2) is 0 Å². The van der Waals surface area contributed by atoms with Crippen LogP contribution in [0.15, 0.2) is 72.9 Å². The first kappa shape index (κ1) is 45.8. The quantitative estimate of drug-likeness (QED) is 0.0316. The predicted molar refractivity (Wildman–Crippen MR) is 199 cm³/mol. The van der Waals surface area contributed by atoms with Crippen LogP contribution in [0.25, 0.3) is 0 Å². The number of allylic oxidation sites excluding steroid dienone is 12. The van der Waals surface area contributed by atoms with Gasteiger partial charge >= 0.3 is 11.9 Å². The lowest BCUT2D eigenvalue weighted by atomic mass is 10.1. The summed E-state index contributed by atoms with van der Waals surface area (Å²) in [7, 11) is 5.35. The molecule has 0 rings (SSSR count). The van der Waals surface area contributed by atoms with E-state index in [0.717, 1.165) is 44.9 Å². The van der Waals surface area contributed by atoms with Crippen molar-refractivity contribution in [2.75, 3.05) is 41.0 Å². The Morgan fingerprint density at radius 3 is 1.73 bits per heavy atom. The van der Waals surface area contributed by atoms with Crippen LogP contribution in [-0.2, 0) is 28.6 Å². The smallest absolute Gasteiger partial charge is 0.306 e. The number of aliphatic carboxylic acids is 1. The minimum atomic E-state index is -1.14. The third kappa shape index (κ3) is 30.6. The first-order chi connectivity index (χ1) is 23.6. The molecule has 2 unspecified atom stereocenters. The molecule has 0 heterocycles. The van der Waals surface area contributed by atoms with Gasteiger partial charge in [0.1, 0.15) is 12.6 Å². The number of ether oxygens (including phenoxy) is 3. The average Bonchev–Trinajstić information content (AvgIpc) is 3.05. The lowest BCUT2D eigenvalue weighted by molar-refractivity contribution is -0.889. The second-order valence-corrected chi connectivity index (χ2v) is 13.1. The van der Waals surface area contributed by atoms with Gasteiger partial charge in [-0.05, 0) is 64.2 Å². The molecule has 0 spiro atoms. The summed E-state index contributed by atoms with van der Waals surface area (Å²) in [4.78, 5) is 36.5. The van der Waals surface area contributed by atoms with Crippen molar-refractivity contribution < 1.29 is 38.2 Å². The van der Waals surface area contributed by atoms with E-state index in [1.807, 2.05) is 12.2 Å². The first-order valence-electron chi connectivity index (χ1n) is 18.5. The topological polar surface area (TPSA) is 102 Å². The number of carbonyl (C=O) groups excluding carboxylic acids is 3. The highest BCUT2D eigenvalue weighted by Crippen LogP contribution is 2.10. The van der Waals surface area contributed by atoms with Crippen molar-refractivity contribution in [3.63, 3.8) is 0 Å². The highest BCUT2D eigenvalue weighted by Gasteiger charge is 2.25. The molecule has 0 aliphatic carbocycles. The molecular formula is C41H67NO7. The van der Waals surface area contributed by atoms with Crippen molar-refractivity contribution in [1.29, 1.82) is 0 Å². The summed E-state index contributed by atoms with van der Waals surface area (Å²) in [6, 6.07) is -0.743. The zero-order valence-corrected chi connectivity index (χ0v) is 31.3. The van der Waals surface area contributed by atoms with Crippen molar-refractivity contribution >= 4 is 17.9 Å². The molecule has 8 heteroatoms. The number of quaternary nitrogens is 1. The molecule has 0 amide bonds. The lowest BCUT2D eigenvalue weighted by Gasteiger charge is -2.34. The zero-order valence-electron chi connectivity index (χ0n) is 31.3. The van der Waals surface area contributed by atoms with E-state index in [1.54, 1.807) is 21.1 Å². The van der Waals surface area contributed by atoms with Crippen molar-refractivity contribution in [2.24, 2.45) is 0 Å². The number of rotatable bonds is 31. The number of carboxylic acid groups (broad SMARTS) is 1. The Hall–Kier alpha value is -3.23. The molecule has 0 aromatic rings. The van der Waals surface area contributed by atoms with Crippen LogP contribution < -0.4 is 5.11 Å². The Morgan fingerprint density at radius 1 is 0.633 bits per heavy atom. The highest BCUT2D eigenvalue weighted by atomic mass is 16.6. The number of esters is 2. The number of carbonyl (C=O) groups is 3. The van der Waals surface area contributed by atoms with Gasteiger partial charge in [-0.2, -0.15) is 0 Å². The molecule has 0 fully saturated rings. The second-order valence-electron chi connectivity index (χ2n) is 13.1. The molecule has 49 heavy (non-hydrogen) atoms. The zero-order chi connectivity index (χ0) is 36.4. The Balaban J connectivity index is 4.61. The molecular weight excluding hydrogens is 618 g/mol. The number of hydrogen-bond acceptors (Lipinski definition) is 7. The van der Waals surface area contributed by atoms with Crippen molar-refractivity contribution in [3.8, 4) is 0 Å². The van der Waals surface area contributed by atoms with Gasteiger partial charge in [-0.1, -0.05) is 106 Å². The number of unbranched alkanes of at least 4 members (excludes halogenated alkanes) is 5. The van der Waals surface area contributed by atoms with E-state index >= 15 is 0 Å². The van der Waals surface area contributed by atoms with Gasteiger partial charge in [-0.3, -0.25) is 9.59 Å². The third-order valence-electron chi connectivity index (χ3n) is 7.59. The van der Waals surface area contributed by atoms with Gasteiger partial charge < -0.3 is 28.6 Å². The first-order valence-corrected chi connectivity index (χ1v) is 18.5. The molecule has 0 radical (unpaired) electrons. The summed E-state index contributed by atoms with van der Waals surface area (Å²) < 4.78 is 16.9. The van der Waals surface area contributed by atoms with Gasteiger partial charge in [0.05, 0.1) is 40.3 Å². The van der Waals surface area contributed by atoms with E-state index < -0.39 is 24.1 Å². The minimum Gasteiger partial charge on any atom is -0.544 e. The van der Waals surface area contributed by atoms with Crippen molar-refractivity contribution in [2.45, 2.75) is 129 Å². The monoisotopic (exact) mass is 685 g/mol. The fourth-order valence-corrected chi connectivity index (χ4v) is 4.71. The normalized spacial score (nSPS) is 13.9. The summed E-state index contributed by atoms with van der Waals surface area (Å²) in [5.74, 6) is -1.90. The Kier molecular flexibility index (Phi) is 29.9. The summed E-state index contributed by atoms with van der Waals surface area (Å²) in [6.45, 7) is 4.36. The predicted octanol–water partition coefficient (Wildman–Crippen LogP) is 7.90. The number of hydrogen-bond donors (Lipinski definition) is 0. The molecule has 8 nitrogen and oxygen atoms in total. The van der Waals surface area contributed by atoms with Crippen LogP contribution >= 0.6 is 0 Å². The molecule has 2 atom stereocenters. The maximum Gasteiger partial charge on any atom is 0.306 e. The minimum absolute atomic E-state index is 0.00162. The fraction of sp³-hybridized carbons (Fsp3) is 0.634. The summed E-state index contributed by atoms with van der Waals surface area (Å²) in [6.07, 6.45) is 38.1. The van der Waals surface area contributed by atoms with Gasteiger partial charge in [0.15, 0.2) is 6.10 Å². The van der Waals surface area contributed by atoms with E-state index in [-0.39, 0.29) is 49.5 Å². The fourth-order valence-electron chi connectivity index (χ4n) is 4.71. The molecule has 278 valence electrons. The summed E-state index contributed by atoms with van der Waals surface area (Å²) in [5.41, 5.74) is 0. The molecule has 0 saturated heterocycles. The van der Waals surface area contributed by atoms with Crippen LogP contribution in [0.5, 0.6) is 0 Å². The van der Waals surface area contributed by atoms with Crippen LogP contribution in [0.2, 0.25) is 0 Å². The number of carboxylic acids is 1. The molecule has 0 aliphatic rings. The largest absolute Gasteiger partial charge is 0.544 e. The Morgan fingerprint density at radius 2 is 1.18 bits per heavy atom. The van der Waals surface area contributed by atoms with Crippen molar-refractivity contribution in [3.05, 3.63) is 72.9 Å². The molecule has 0 aliphatic heterocycles. The van der Waals surface area contributed by atoms with Gasteiger partial charge in [0.25, 0.3) is 0 Å². The van der Waals surface area contributed by atoms with Crippen LogP contribution in [0.3, 0.4) is 0 Å². The molecule has 0 saturated carbocycles. The van der Waals surface area contributed by atoms with E-state index in [1.165, 1.54) is 25.7 Å². The van der Waals surface area contributed by atoms with Gasteiger partial charge in [0, 0.05) is 19.3 Å². The third-order valence-corrected chi connectivity index (χ3v) is 7.59. The maximum atomic E-state index is 12.6. The van der Waals surface area contributed by atoms with Crippen LogP contribution in [0.4, 0.5) is 0 Å². The highest BCUT2D eigenvalue weighted by molar-refractivity contribution is 5.70. The van der Waals surface area contributed by atoms with E-state index in [4.69, 9.17) is 14.2 Å². The van der Waals surface area contributed by atoms with Crippen LogP contribution in [0, 0.1) is 0 Å². The summed E-state index contributed by atoms with van der Waals surface area (Å²) >= 11 is 0. The van der Waals surface area contributed by atoms with Crippen molar-refractivity contribution in [1.82, 2.24) is 0 Å². The molecule has 0 N–H and O–H groups in total. The van der Waals surface area contributed by atoms with Gasteiger partial charge in [0.2, 0.25) is 0 Å². The lowest BCUT2D eigenvalue weighted by Crippen LogP contribution is -2.55. The van der Waals surface area contributed by atoms with Crippen LogP contribution in [0.1, 0.15) is 117 Å². The van der Waals surface area contributed by atoms with E-state index in [2.05, 4.69) is 74.6 Å². The average molecular weight is 686 g/mol. The van der Waals surface area contributed by atoms with E-state index in [0.29, 0.717) is 12.8 Å². The standard InChI is InChI=1S/C41H67NO7/c1-6-8-10-12-14-16-17-18-19-20-21-22-24-26-28-30-32-40(44)49-37(35-47-34-33-38(41(45)46)42(3,4)5)36-48-39(43)31-29-27-25-23-15-13-11-9-7-2/h8,10,14,16,18-19,21-23,25-26,28,37-38H,6-7,9,11-13,15,17,20,24,27,29-36H2,1-5H3/b10-8+,16-14+,19-18+,22-21+,25-23+,28-26+. The molecule has 0 aromatic heterocycles. The number of likely N-dealkylation sites (N-methyl/N-ethyl adjacent to an activating group) is 1. The SMILES string of the molecule is CC/C=C/C/C=C/C/C=C/C/C=C/C/C=C/CCC(=O)OC(COCCC(C(=O)[O-])[N+](C)(C)C)COC(=O)CCC/C=C/CCCCCC.